The molecule has 2 fully saturated rings. The predicted octanol–water partition coefficient (Wildman–Crippen LogP) is 4.60. The van der Waals surface area contributed by atoms with E-state index in [9.17, 15) is 0 Å². The van der Waals surface area contributed by atoms with Crippen molar-refractivity contribution in [3.8, 4) is 0 Å². The molecule has 18 heavy (non-hydrogen) atoms. The van der Waals surface area contributed by atoms with E-state index in [1.807, 2.05) is 0 Å². The standard InChI is InChI=1S/C17H33N/c1-4-14-6-5-7-15(11-14)17(18)16-9-8-12(2)13(3)10-16/h12-17H,4-11,18H2,1-3H3. The molecule has 106 valence electrons. The quantitative estimate of drug-likeness (QED) is 0.779. The van der Waals surface area contributed by atoms with Crippen LogP contribution in [0.15, 0.2) is 0 Å². The molecule has 0 heterocycles. The predicted molar refractivity (Wildman–Crippen MR) is 79.4 cm³/mol. The van der Waals surface area contributed by atoms with Gasteiger partial charge in [0, 0.05) is 6.04 Å². The average molecular weight is 251 g/mol. The molecule has 2 N–H and O–H groups in total. The minimum Gasteiger partial charge on any atom is -0.327 e. The van der Waals surface area contributed by atoms with Gasteiger partial charge in [-0.05, 0) is 55.3 Å². The molecule has 0 aromatic heterocycles. The maximum absolute atomic E-state index is 6.65. The fraction of sp³-hybridized carbons (Fsp3) is 1.00. The molecule has 0 spiro atoms. The second-order valence-electron chi connectivity index (χ2n) is 7.31. The highest BCUT2D eigenvalue weighted by molar-refractivity contribution is 4.88. The number of hydrogen-bond acceptors (Lipinski definition) is 1. The molecular formula is C17H33N. The second-order valence-corrected chi connectivity index (χ2v) is 7.31. The summed E-state index contributed by atoms with van der Waals surface area (Å²) in [6.07, 6.45) is 11.2. The Balaban J connectivity index is 1.88. The average Bonchev–Trinajstić information content (AvgIpc) is 2.41. The van der Waals surface area contributed by atoms with Crippen molar-refractivity contribution >= 4 is 0 Å². The van der Waals surface area contributed by atoms with Crippen molar-refractivity contribution in [2.24, 2.45) is 35.3 Å². The largest absolute Gasteiger partial charge is 0.327 e. The van der Waals surface area contributed by atoms with Crippen molar-refractivity contribution in [2.45, 2.75) is 78.2 Å². The molecule has 2 aliphatic carbocycles. The van der Waals surface area contributed by atoms with Gasteiger partial charge in [0.2, 0.25) is 0 Å². The van der Waals surface area contributed by atoms with Gasteiger partial charge in [-0.15, -0.1) is 0 Å². The number of nitrogens with two attached hydrogens (primary N) is 1. The zero-order valence-electron chi connectivity index (χ0n) is 12.7. The molecule has 0 aromatic carbocycles. The van der Waals surface area contributed by atoms with Crippen LogP contribution in [0.3, 0.4) is 0 Å². The first-order valence-electron chi connectivity index (χ1n) is 8.37. The molecule has 0 amide bonds. The van der Waals surface area contributed by atoms with E-state index in [-0.39, 0.29) is 0 Å². The molecule has 6 atom stereocenters. The molecule has 0 bridgehead atoms. The van der Waals surface area contributed by atoms with Crippen LogP contribution in [0.4, 0.5) is 0 Å². The summed E-state index contributed by atoms with van der Waals surface area (Å²) < 4.78 is 0. The van der Waals surface area contributed by atoms with Gasteiger partial charge in [-0.3, -0.25) is 0 Å². The van der Waals surface area contributed by atoms with Gasteiger partial charge in [-0.1, -0.05) is 46.5 Å². The summed E-state index contributed by atoms with van der Waals surface area (Å²) in [5.41, 5.74) is 6.65. The van der Waals surface area contributed by atoms with Gasteiger partial charge in [0.25, 0.3) is 0 Å². The maximum Gasteiger partial charge on any atom is 0.00958 e. The molecule has 0 aromatic rings. The molecule has 0 saturated heterocycles. The number of hydrogen-bond donors (Lipinski definition) is 1. The molecule has 1 heteroatoms. The van der Waals surface area contributed by atoms with Crippen molar-refractivity contribution in [3.05, 3.63) is 0 Å². The van der Waals surface area contributed by atoms with Crippen LogP contribution in [0.2, 0.25) is 0 Å². The monoisotopic (exact) mass is 251 g/mol. The van der Waals surface area contributed by atoms with Gasteiger partial charge in [0.05, 0.1) is 0 Å². The summed E-state index contributed by atoms with van der Waals surface area (Å²) in [4.78, 5) is 0. The molecule has 2 rings (SSSR count). The highest BCUT2D eigenvalue weighted by atomic mass is 14.7. The SMILES string of the molecule is CCC1CCCC(C(N)C2CCC(C)C(C)C2)C1. The third-order valence-corrected chi connectivity index (χ3v) is 6.13. The first kappa shape index (κ1) is 14.4. The van der Waals surface area contributed by atoms with Crippen molar-refractivity contribution < 1.29 is 0 Å². The van der Waals surface area contributed by atoms with Gasteiger partial charge < -0.3 is 5.73 Å². The molecule has 2 saturated carbocycles. The minimum atomic E-state index is 0.495. The molecule has 6 unspecified atom stereocenters. The highest BCUT2D eigenvalue weighted by Crippen LogP contribution is 2.40. The van der Waals surface area contributed by atoms with Crippen LogP contribution in [0, 0.1) is 29.6 Å². The lowest BCUT2D eigenvalue weighted by Crippen LogP contribution is -2.42. The van der Waals surface area contributed by atoms with E-state index in [4.69, 9.17) is 5.73 Å². The van der Waals surface area contributed by atoms with Crippen LogP contribution in [0.5, 0.6) is 0 Å². The van der Waals surface area contributed by atoms with Crippen LogP contribution in [0.1, 0.15) is 72.1 Å². The highest BCUT2D eigenvalue weighted by Gasteiger charge is 2.34. The first-order valence-corrected chi connectivity index (χ1v) is 8.37. The van der Waals surface area contributed by atoms with Gasteiger partial charge in [0.15, 0.2) is 0 Å². The van der Waals surface area contributed by atoms with Crippen molar-refractivity contribution in [2.75, 3.05) is 0 Å². The van der Waals surface area contributed by atoms with Crippen molar-refractivity contribution in [1.29, 1.82) is 0 Å². The molecule has 1 nitrogen and oxygen atoms in total. The Hall–Kier alpha value is -0.0400. The number of rotatable bonds is 3. The van der Waals surface area contributed by atoms with E-state index in [2.05, 4.69) is 20.8 Å². The molecule has 0 radical (unpaired) electrons. The van der Waals surface area contributed by atoms with Crippen LogP contribution >= 0.6 is 0 Å². The van der Waals surface area contributed by atoms with Crippen LogP contribution < -0.4 is 5.73 Å². The normalized spacial score (nSPS) is 43.7. The molecule has 2 aliphatic rings. The van der Waals surface area contributed by atoms with Gasteiger partial charge >= 0.3 is 0 Å². The van der Waals surface area contributed by atoms with Crippen LogP contribution in [0.25, 0.3) is 0 Å². The molecule has 0 aliphatic heterocycles. The summed E-state index contributed by atoms with van der Waals surface area (Å²) in [5.74, 6) is 4.42. The van der Waals surface area contributed by atoms with Gasteiger partial charge in [-0.2, -0.15) is 0 Å². The third kappa shape index (κ3) is 3.29. The Morgan fingerprint density at radius 1 is 0.944 bits per heavy atom. The van der Waals surface area contributed by atoms with Crippen molar-refractivity contribution in [3.63, 3.8) is 0 Å². The van der Waals surface area contributed by atoms with E-state index in [0.29, 0.717) is 6.04 Å². The van der Waals surface area contributed by atoms with E-state index in [1.165, 1.54) is 51.4 Å². The van der Waals surface area contributed by atoms with E-state index in [0.717, 1.165) is 29.6 Å². The molecular weight excluding hydrogens is 218 g/mol. The first-order chi connectivity index (χ1) is 8.61. The minimum absolute atomic E-state index is 0.495. The lowest BCUT2D eigenvalue weighted by atomic mass is 9.67. The van der Waals surface area contributed by atoms with E-state index in [1.54, 1.807) is 0 Å². The van der Waals surface area contributed by atoms with E-state index >= 15 is 0 Å². The van der Waals surface area contributed by atoms with Crippen molar-refractivity contribution in [1.82, 2.24) is 0 Å². The Labute approximate surface area is 114 Å². The second kappa shape index (κ2) is 6.41. The Morgan fingerprint density at radius 2 is 1.67 bits per heavy atom. The summed E-state index contributed by atoms with van der Waals surface area (Å²) in [5, 5.41) is 0. The summed E-state index contributed by atoms with van der Waals surface area (Å²) in [6, 6.07) is 0.495. The fourth-order valence-corrected chi connectivity index (χ4v) is 4.38. The Bertz CT molecular complexity index is 244. The topological polar surface area (TPSA) is 26.0 Å². The summed E-state index contributed by atoms with van der Waals surface area (Å²) in [6.45, 7) is 7.20. The fourth-order valence-electron chi connectivity index (χ4n) is 4.38. The zero-order valence-corrected chi connectivity index (χ0v) is 12.7. The third-order valence-electron chi connectivity index (χ3n) is 6.13. The lowest BCUT2D eigenvalue weighted by molar-refractivity contribution is 0.130. The van der Waals surface area contributed by atoms with Crippen LogP contribution in [-0.2, 0) is 0 Å². The van der Waals surface area contributed by atoms with Crippen LogP contribution in [-0.4, -0.2) is 6.04 Å². The van der Waals surface area contributed by atoms with Gasteiger partial charge in [-0.25, -0.2) is 0 Å². The van der Waals surface area contributed by atoms with E-state index < -0.39 is 0 Å². The Kier molecular flexibility index (Phi) is 5.12. The smallest absolute Gasteiger partial charge is 0.00958 e. The maximum atomic E-state index is 6.65. The summed E-state index contributed by atoms with van der Waals surface area (Å²) >= 11 is 0. The van der Waals surface area contributed by atoms with Gasteiger partial charge in [0.1, 0.15) is 0 Å². The zero-order chi connectivity index (χ0) is 13.1. The summed E-state index contributed by atoms with van der Waals surface area (Å²) in [7, 11) is 0. The lowest BCUT2D eigenvalue weighted by Gasteiger charge is -2.41. The Morgan fingerprint density at radius 3 is 2.33 bits per heavy atom.